The summed E-state index contributed by atoms with van der Waals surface area (Å²) in [7, 11) is 1.77. The first-order chi connectivity index (χ1) is 14.2. The second-order valence-electron chi connectivity index (χ2n) is 7.95. The molecule has 2 amide bonds. The number of amides is 2. The van der Waals surface area contributed by atoms with E-state index in [0.29, 0.717) is 17.1 Å². The zero-order chi connectivity index (χ0) is 21.5. The highest BCUT2D eigenvalue weighted by Gasteiger charge is 2.36. The largest absolute Gasteiger partial charge is 0.474 e. The molecule has 1 atom stereocenters. The van der Waals surface area contributed by atoms with Crippen LogP contribution in [-0.2, 0) is 9.59 Å². The molecule has 7 nitrogen and oxygen atoms in total. The molecule has 0 aliphatic carbocycles. The maximum atomic E-state index is 12.7. The zero-order valence-corrected chi connectivity index (χ0v) is 17.4. The van der Waals surface area contributed by atoms with Crippen LogP contribution in [0.1, 0.15) is 38.1 Å². The van der Waals surface area contributed by atoms with E-state index in [1.807, 2.05) is 31.2 Å². The number of carbonyl (C=O) groups excluding carboxylic acids is 2. The SMILES string of the molecule is CC(c1cc2ccccc2[nH]1)N(C)C(=O)/C=C/c1cnc2c(c1)OC(C)(C)C(=O)N2. The van der Waals surface area contributed by atoms with Crippen molar-refractivity contribution < 1.29 is 14.3 Å². The number of fused-ring (bicyclic) bond motifs is 2. The summed E-state index contributed by atoms with van der Waals surface area (Å²) in [5.41, 5.74) is 1.76. The summed E-state index contributed by atoms with van der Waals surface area (Å²) >= 11 is 0. The van der Waals surface area contributed by atoms with Gasteiger partial charge in [0.2, 0.25) is 5.91 Å². The van der Waals surface area contributed by atoms with E-state index in [9.17, 15) is 9.59 Å². The number of benzene rings is 1. The highest BCUT2D eigenvalue weighted by molar-refractivity contribution is 5.99. The lowest BCUT2D eigenvalue weighted by Crippen LogP contribution is -2.46. The predicted octanol–water partition coefficient (Wildman–Crippen LogP) is 3.91. The van der Waals surface area contributed by atoms with Crippen LogP contribution in [0.25, 0.3) is 17.0 Å². The van der Waals surface area contributed by atoms with Crippen LogP contribution >= 0.6 is 0 Å². The van der Waals surface area contributed by atoms with Crippen molar-refractivity contribution in [3.63, 3.8) is 0 Å². The Hall–Kier alpha value is -3.61. The fourth-order valence-electron chi connectivity index (χ4n) is 3.31. The number of likely N-dealkylation sites (N-methyl/N-ethyl adjacent to an activating group) is 1. The summed E-state index contributed by atoms with van der Waals surface area (Å²) < 4.78 is 5.74. The standard InChI is InChI=1S/C23H24N4O3/c1-14(18-12-16-7-5-6-8-17(16)25-18)27(4)20(28)10-9-15-11-19-21(24-13-15)26-22(29)23(2,3)30-19/h5-14,25H,1-4H3,(H,24,26,29)/b10-9+. The Balaban J connectivity index is 1.48. The van der Waals surface area contributed by atoms with E-state index in [1.54, 1.807) is 44.1 Å². The average molecular weight is 404 g/mol. The summed E-state index contributed by atoms with van der Waals surface area (Å²) in [5, 5.41) is 3.84. The second kappa shape index (κ2) is 7.33. The number of aromatic amines is 1. The Morgan fingerprint density at radius 1 is 1.27 bits per heavy atom. The lowest BCUT2D eigenvalue weighted by atomic mass is 10.1. The van der Waals surface area contributed by atoms with Crippen molar-refractivity contribution in [3.8, 4) is 5.75 Å². The molecule has 0 bridgehead atoms. The average Bonchev–Trinajstić information content (AvgIpc) is 3.15. The molecular weight excluding hydrogens is 380 g/mol. The van der Waals surface area contributed by atoms with Gasteiger partial charge < -0.3 is 19.9 Å². The number of pyridine rings is 1. The molecule has 1 unspecified atom stereocenters. The summed E-state index contributed by atoms with van der Waals surface area (Å²) in [5.74, 6) is 0.489. The molecule has 154 valence electrons. The van der Waals surface area contributed by atoms with Crippen LogP contribution in [0.15, 0.2) is 48.7 Å². The van der Waals surface area contributed by atoms with Crippen LogP contribution in [0, 0.1) is 0 Å². The van der Waals surface area contributed by atoms with Gasteiger partial charge in [0.1, 0.15) is 0 Å². The van der Waals surface area contributed by atoms with Gasteiger partial charge in [-0.15, -0.1) is 0 Å². The molecule has 0 radical (unpaired) electrons. The van der Waals surface area contributed by atoms with Gasteiger partial charge in [0, 0.05) is 30.5 Å². The van der Waals surface area contributed by atoms with Crippen molar-refractivity contribution in [1.82, 2.24) is 14.9 Å². The Bertz CT molecular complexity index is 1130. The van der Waals surface area contributed by atoms with Gasteiger partial charge in [-0.25, -0.2) is 4.98 Å². The van der Waals surface area contributed by atoms with E-state index in [2.05, 4.69) is 21.4 Å². The molecule has 1 aliphatic rings. The van der Waals surface area contributed by atoms with Crippen molar-refractivity contribution in [1.29, 1.82) is 0 Å². The van der Waals surface area contributed by atoms with Gasteiger partial charge in [-0.2, -0.15) is 0 Å². The van der Waals surface area contributed by atoms with Crippen LogP contribution in [0.2, 0.25) is 0 Å². The number of hydrogen-bond acceptors (Lipinski definition) is 4. The Morgan fingerprint density at radius 2 is 2.03 bits per heavy atom. The van der Waals surface area contributed by atoms with Crippen molar-refractivity contribution in [3.05, 3.63) is 59.9 Å². The lowest BCUT2D eigenvalue weighted by Gasteiger charge is -2.30. The molecule has 3 aromatic rings. The first kappa shape index (κ1) is 19.7. The van der Waals surface area contributed by atoms with E-state index in [-0.39, 0.29) is 17.9 Å². The zero-order valence-electron chi connectivity index (χ0n) is 17.4. The van der Waals surface area contributed by atoms with E-state index >= 15 is 0 Å². The van der Waals surface area contributed by atoms with Gasteiger partial charge in [-0.05, 0) is 56.0 Å². The molecule has 0 saturated heterocycles. The first-order valence-electron chi connectivity index (χ1n) is 9.77. The third-order valence-corrected chi connectivity index (χ3v) is 5.37. The Morgan fingerprint density at radius 3 is 2.80 bits per heavy atom. The van der Waals surface area contributed by atoms with E-state index in [0.717, 1.165) is 16.6 Å². The van der Waals surface area contributed by atoms with Crippen molar-refractivity contribution in [2.75, 3.05) is 12.4 Å². The maximum Gasteiger partial charge on any atom is 0.269 e. The normalized spacial score (nSPS) is 16.1. The number of aromatic nitrogens is 2. The molecule has 0 fully saturated rings. The number of nitrogens with one attached hydrogen (secondary N) is 2. The summed E-state index contributed by atoms with van der Waals surface area (Å²) in [6.07, 6.45) is 4.79. The van der Waals surface area contributed by atoms with Gasteiger partial charge in [0.05, 0.1) is 6.04 Å². The van der Waals surface area contributed by atoms with Gasteiger partial charge in [-0.3, -0.25) is 9.59 Å². The quantitative estimate of drug-likeness (QED) is 0.646. The highest BCUT2D eigenvalue weighted by atomic mass is 16.5. The molecular formula is C23H24N4O3. The monoisotopic (exact) mass is 404 g/mol. The molecule has 1 aliphatic heterocycles. The molecule has 2 N–H and O–H groups in total. The van der Waals surface area contributed by atoms with Gasteiger partial charge >= 0.3 is 0 Å². The number of carbonyl (C=O) groups is 2. The minimum absolute atomic E-state index is 0.115. The van der Waals surface area contributed by atoms with E-state index in [4.69, 9.17) is 4.74 Å². The minimum atomic E-state index is -0.970. The maximum absolute atomic E-state index is 12.7. The second-order valence-corrected chi connectivity index (χ2v) is 7.95. The smallest absolute Gasteiger partial charge is 0.269 e. The number of rotatable bonds is 4. The number of H-pyrrole nitrogens is 1. The van der Waals surface area contributed by atoms with Gasteiger partial charge in [-0.1, -0.05) is 18.2 Å². The molecule has 30 heavy (non-hydrogen) atoms. The molecule has 3 heterocycles. The number of nitrogens with zero attached hydrogens (tertiary/aromatic N) is 2. The van der Waals surface area contributed by atoms with Gasteiger partial charge in [0.25, 0.3) is 5.91 Å². The fraction of sp³-hybridized carbons (Fsp3) is 0.261. The lowest BCUT2D eigenvalue weighted by molar-refractivity contribution is -0.129. The molecule has 1 aromatic carbocycles. The molecule has 0 spiro atoms. The molecule has 4 rings (SSSR count). The number of para-hydroxylation sites is 1. The van der Waals surface area contributed by atoms with Crippen LogP contribution in [0.3, 0.4) is 0 Å². The number of hydrogen-bond donors (Lipinski definition) is 2. The summed E-state index contributed by atoms with van der Waals surface area (Å²) in [6, 6.07) is 11.7. The van der Waals surface area contributed by atoms with Gasteiger partial charge in [0.15, 0.2) is 17.2 Å². The van der Waals surface area contributed by atoms with Crippen LogP contribution < -0.4 is 10.1 Å². The summed E-state index contributed by atoms with van der Waals surface area (Å²) in [4.78, 5) is 33.9. The third-order valence-electron chi connectivity index (χ3n) is 5.37. The van der Waals surface area contributed by atoms with E-state index < -0.39 is 5.60 Å². The van der Waals surface area contributed by atoms with E-state index in [1.165, 1.54) is 6.08 Å². The van der Waals surface area contributed by atoms with Crippen molar-refractivity contribution in [2.45, 2.75) is 32.4 Å². The Kier molecular flexibility index (Phi) is 4.81. The van der Waals surface area contributed by atoms with Crippen LogP contribution in [-0.4, -0.2) is 39.3 Å². The topological polar surface area (TPSA) is 87.3 Å². The molecule has 0 saturated carbocycles. The molecule has 7 heteroatoms. The van der Waals surface area contributed by atoms with Crippen molar-refractivity contribution in [2.24, 2.45) is 0 Å². The number of anilines is 1. The Labute approximate surface area is 174 Å². The van der Waals surface area contributed by atoms with Crippen LogP contribution in [0.4, 0.5) is 5.82 Å². The molecule has 2 aromatic heterocycles. The van der Waals surface area contributed by atoms with Crippen LogP contribution in [0.5, 0.6) is 5.75 Å². The highest BCUT2D eigenvalue weighted by Crippen LogP contribution is 2.32. The third kappa shape index (κ3) is 3.66. The predicted molar refractivity (Wildman–Crippen MR) is 116 cm³/mol. The first-order valence-corrected chi connectivity index (χ1v) is 9.77. The number of ether oxygens (including phenoxy) is 1. The summed E-state index contributed by atoms with van der Waals surface area (Å²) in [6.45, 7) is 5.37. The fourth-order valence-corrected chi connectivity index (χ4v) is 3.31. The van der Waals surface area contributed by atoms with Crippen molar-refractivity contribution >= 4 is 34.6 Å². The minimum Gasteiger partial charge on any atom is -0.474 e.